The molecule has 0 aromatic carbocycles. The van der Waals surface area contributed by atoms with Gasteiger partial charge in [-0.1, -0.05) is 6.92 Å². The van der Waals surface area contributed by atoms with E-state index in [1.54, 1.807) is 7.11 Å². The first kappa shape index (κ1) is 14.2. The van der Waals surface area contributed by atoms with Gasteiger partial charge in [-0.3, -0.25) is 4.98 Å². The fourth-order valence-electron chi connectivity index (χ4n) is 2.35. The lowest BCUT2D eigenvalue weighted by molar-refractivity contribution is 0.0818. The van der Waals surface area contributed by atoms with E-state index in [0.29, 0.717) is 6.10 Å². The Morgan fingerprint density at radius 1 is 1.37 bits per heavy atom. The minimum Gasteiger partial charge on any atom is -0.381 e. The Balaban J connectivity index is 1.91. The summed E-state index contributed by atoms with van der Waals surface area (Å²) in [5, 5.41) is 3.36. The minimum atomic E-state index is 0.401. The normalized spacial score (nSPS) is 16.8. The Labute approximate surface area is 115 Å². The predicted molar refractivity (Wildman–Crippen MR) is 76.3 cm³/mol. The zero-order valence-corrected chi connectivity index (χ0v) is 11.9. The Morgan fingerprint density at radius 2 is 2.16 bits per heavy atom. The summed E-state index contributed by atoms with van der Waals surface area (Å²) in [6, 6.07) is 0. The van der Waals surface area contributed by atoms with Gasteiger partial charge in [0, 0.05) is 32.9 Å². The molecule has 2 heterocycles. The van der Waals surface area contributed by atoms with Crippen LogP contribution in [0.2, 0.25) is 0 Å². The number of rotatable bonds is 6. The van der Waals surface area contributed by atoms with Crippen molar-refractivity contribution in [3.8, 4) is 0 Å². The molecule has 0 spiro atoms. The maximum atomic E-state index is 5.39. The topological polar surface area (TPSA) is 50.3 Å². The second-order valence-electron chi connectivity index (χ2n) is 4.97. The van der Waals surface area contributed by atoms with Crippen molar-refractivity contribution in [3.63, 3.8) is 0 Å². The fraction of sp³-hybridized carbons (Fsp3) is 0.714. The van der Waals surface area contributed by atoms with Gasteiger partial charge in [0.25, 0.3) is 0 Å². The smallest absolute Gasteiger partial charge is 0.147 e. The summed E-state index contributed by atoms with van der Waals surface area (Å²) in [4.78, 5) is 11.3. The molecular weight excluding hydrogens is 240 g/mol. The Kier molecular flexibility index (Phi) is 5.54. The van der Waals surface area contributed by atoms with E-state index in [9.17, 15) is 0 Å². The number of methoxy groups -OCH3 is 1. The number of piperidine rings is 1. The molecule has 1 N–H and O–H groups in total. The van der Waals surface area contributed by atoms with Gasteiger partial charge in [-0.05, 0) is 25.8 Å². The summed E-state index contributed by atoms with van der Waals surface area (Å²) in [6.45, 7) is 5.97. The second kappa shape index (κ2) is 7.40. The minimum absolute atomic E-state index is 0.401. The highest BCUT2D eigenvalue weighted by Gasteiger charge is 2.19. The molecule has 1 aromatic heterocycles. The Hall–Kier alpha value is -1.20. The third kappa shape index (κ3) is 4.14. The highest BCUT2D eigenvalue weighted by Crippen LogP contribution is 2.18. The van der Waals surface area contributed by atoms with E-state index in [-0.39, 0.29) is 0 Å². The molecule has 0 bridgehead atoms. The van der Waals surface area contributed by atoms with E-state index in [4.69, 9.17) is 4.74 Å². The SMILES string of the molecule is CCCNCc1cncc(N2CCC(OC)CC2)n1. The zero-order valence-electron chi connectivity index (χ0n) is 11.9. The molecule has 1 aliphatic heterocycles. The zero-order chi connectivity index (χ0) is 13.5. The van der Waals surface area contributed by atoms with Gasteiger partial charge in [0.2, 0.25) is 0 Å². The number of nitrogens with zero attached hydrogens (tertiary/aromatic N) is 3. The highest BCUT2D eigenvalue weighted by atomic mass is 16.5. The van der Waals surface area contributed by atoms with E-state index in [0.717, 1.165) is 57.0 Å². The van der Waals surface area contributed by atoms with Crippen LogP contribution in [0.3, 0.4) is 0 Å². The van der Waals surface area contributed by atoms with Crippen LogP contribution in [0.1, 0.15) is 31.9 Å². The van der Waals surface area contributed by atoms with Crippen molar-refractivity contribution < 1.29 is 4.74 Å². The first-order valence-corrected chi connectivity index (χ1v) is 7.13. The average Bonchev–Trinajstić information content (AvgIpc) is 2.48. The van der Waals surface area contributed by atoms with Crippen LogP contribution >= 0.6 is 0 Å². The molecule has 0 aliphatic carbocycles. The van der Waals surface area contributed by atoms with E-state index >= 15 is 0 Å². The molecular formula is C14H24N4O. The molecule has 106 valence electrons. The van der Waals surface area contributed by atoms with Crippen LogP contribution in [0.4, 0.5) is 5.82 Å². The Bertz CT molecular complexity index is 377. The molecule has 5 nitrogen and oxygen atoms in total. The van der Waals surface area contributed by atoms with Crippen molar-refractivity contribution >= 4 is 5.82 Å². The summed E-state index contributed by atoms with van der Waals surface area (Å²) >= 11 is 0. The average molecular weight is 264 g/mol. The molecule has 0 radical (unpaired) electrons. The summed E-state index contributed by atoms with van der Waals surface area (Å²) < 4.78 is 5.39. The maximum Gasteiger partial charge on any atom is 0.147 e. The number of nitrogens with one attached hydrogen (secondary N) is 1. The number of anilines is 1. The van der Waals surface area contributed by atoms with Crippen LogP contribution in [-0.4, -0.2) is 42.8 Å². The van der Waals surface area contributed by atoms with Crippen LogP contribution in [0.5, 0.6) is 0 Å². The van der Waals surface area contributed by atoms with Crippen LogP contribution in [0.25, 0.3) is 0 Å². The number of ether oxygens (including phenoxy) is 1. The van der Waals surface area contributed by atoms with Gasteiger partial charge in [-0.15, -0.1) is 0 Å². The summed E-state index contributed by atoms with van der Waals surface area (Å²) in [5.41, 5.74) is 1.01. The maximum absolute atomic E-state index is 5.39. The monoisotopic (exact) mass is 264 g/mol. The van der Waals surface area contributed by atoms with Crippen LogP contribution in [-0.2, 0) is 11.3 Å². The molecule has 0 saturated carbocycles. The molecule has 1 fully saturated rings. The quantitative estimate of drug-likeness (QED) is 0.791. The largest absolute Gasteiger partial charge is 0.381 e. The standard InChI is InChI=1S/C14H24N4O/c1-3-6-15-9-12-10-16-11-14(17-12)18-7-4-13(19-2)5-8-18/h10-11,13,15H,3-9H2,1-2H3. The molecule has 2 rings (SSSR count). The van der Waals surface area contributed by atoms with Crippen LogP contribution < -0.4 is 10.2 Å². The lowest BCUT2D eigenvalue weighted by Gasteiger charge is -2.31. The summed E-state index contributed by atoms with van der Waals surface area (Å²) in [7, 11) is 1.79. The van der Waals surface area contributed by atoms with Gasteiger partial charge < -0.3 is 15.0 Å². The molecule has 0 atom stereocenters. The molecule has 19 heavy (non-hydrogen) atoms. The van der Waals surface area contributed by atoms with Crippen molar-refractivity contribution in [2.45, 2.75) is 38.8 Å². The van der Waals surface area contributed by atoms with Crippen molar-refractivity contribution in [3.05, 3.63) is 18.1 Å². The van der Waals surface area contributed by atoms with Gasteiger partial charge in [0.1, 0.15) is 5.82 Å². The molecule has 1 saturated heterocycles. The third-order valence-electron chi connectivity index (χ3n) is 3.50. The van der Waals surface area contributed by atoms with Gasteiger partial charge in [-0.25, -0.2) is 4.98 Å². The molecule has 5 heteroatoms. The van der Waals surface area contributed by atoms with Crippen LogP contribution in [0.15, 0.2) is 12.4 Å². The molecule has 0 amide bonds. The lowest BCUT2D eigenvalue weighted by Crippen LogP contribution is -2.37. The van der Waals surface area contributed by atoms with E-state index in [1.807, 2.05) is 12.4 Å². The highest BCUT2D eigenvalue weighted by molar-refractivity contribution is 5.36. The number of hydrogen-bond acceptors (Lipinski definition) is 5. The lowest BCUT2D eigenvalue weighted by atomic mass is 10.1. The van der Waals surface area contributed by atoms with Crippen molar-refractivity contribution in [1.82, 2.24) is 15.3 Å². The van der Waals surface area contributed by atoms with Gasteiger partial charge >= 0.3 is 0 Å². The van der Waals surface area contributed by atoms with Gasteiger partial charge in [0.05, 0.1) is 18.0 Å². The Morgan fingerprint density at radius 3 is 2.84 bits per heavy atom. The predicted octanol–water partition coefficient (Wildman–Crippen LogP) is 1.59. The first-order valence-electron chi connectivity index (χ1n) is 7.13. The van der Waals surface area contributed by atoms with E-state index < -0.39 is 0 Å². The molecule has 1 aliphatic rings. The molecule has 0 unspecified atom stereocenters. The van der Waals surface area contributed by atoms with Crippen molar-refractivity contribution in [1.29, 1.82) is 0 Å². The third-order valence-corrected chi connectivity index (χ3v) is 3.50. The van der Waals surface area contributed by atoms with Crippen molar-refractivity contribution in [2.24, 2.45) is 0 Å². The second-order valence-corrected chi connectivity index (χ2v) is 4.97. The van der Waals surface area contributed by atoms with Gasteiger partial charge in [0.15, 0.2) is 0 Å². The van der Waals surface area contributed by atoms with E-state index in [2.05, 4.69) is 27.1 Å². The fourth-order valence-corrected chi connectivity index (χ4v) is 2.35. The van der Waals surface area contributed by atoms with Gasteiger partial charge in [-0.2, -0.15) is 0 Å². The van der Waals surface area contributed by atoms with Crippen LogP contribution in [0, 0.1) is 0 Å². The van der Waals surface area contributed by atoms with E-state index in [1.165, 1.54) is 0 Å². The number of hydrogen-bond donors (Lipinski definition) is 1. The summed E-state index contributed by atoms with van der Waals surface area (Å²) in [5.74, 6) is 0.991. The number of aromatic nitrogens is 2. The van der Waals surface area contributed by atoms with Crippen molar-refractivity contribution in [2.75, 3.05) is 31.6 Å². The first-order chi connectivity index (χ1) is 9.33. The molecule has 1 aromatic rings. The summed E-state index contributed by atoms with van der Waals surface area (Å²) in [6.07, 6.45) is 7.37.